The number of amides is 1. The number of alkyl halides is 3. The molecular weight excluding hydrogens is 439 g/mol. The molecule has 1 unspecified atom stereocenters. The molecule has 4 rings (SSSR count). The number of aromatic nitrogens is 1. The maximum Gasteiger partial charge on any atom is 0.416 e. The Labute approximate surface area is 188 Å². The number of halogens is 3. The van der Waals surface area contributed by atoms with Crippen molar-refractivity contribution in [2.24, 2.45) is 0 Å². The molecule has 1 N–H and O–H groups in total. The highest BCUT2D eigenvalue weighted by molar-refractivity contribution is 7.18. The van der Waals surface area contributed by atoms with Crippen molar-refractivity contribution in [1.82, 2.24) is 15.2 Å². The predicted octanol–water partition coefficient (Wildman–Crippen LogP) is 4.44. The Morgan fingerprint density at radius 3 is 2.53 bits per heavy atom. The van der Waals surface area contributed by atoms with Crippen LogP contribution in [0.1, 0.15) is 28.6 Å². The summed E-state index contributed by atoms with van der Waals surface area (Å²) >= 11 is 1.58. The molecule has 9 heteroatoms. The smallest absolute Gasteiger partial charge is 0.379 e. The van der Waals surface area contributed by atoms with E-state index in [4.69, 9.17) is 4.74 Å². The maximum atomic E-state index is 12.9. The largest absolute Gasteiger partial charge is 0.416 e. The number of benzene rings is 2. The second-order valence-electron chi connectivity index (χ2n) is 7.66. The normalized spacial score (nSPS) is 16.2. The SMILES string of the molecule is O=C(CCc1nc2ccccc2s1)NCC(c1ccc(C(F)(F)F)cc1)N1CCOCC1. The zero-order chi connectivity index (χ0) is 22.6. The number of ether oxygens (including phenoxy) is 1. The topological polar surface area (TPSA) is 54.5 Å². The summed E-state index contributed by atoms with van der Waals surface area (Å²) in [7, 11) is 0. The van der Waals surface area contributed by atoms with Crippen LogP contribution in [0.5, 0.6) is 0 Å². The van der Waals surface area contributed by atoms with Gasteiger partial charge in [0.2, 0.25) is 5.91 Å². The fourth-order valence-electron chi connectivity index (χ4n) is 3.79. The van der Waals surface area contributed by atoms with Gasteiger partial charge in [0.05, 0.1) is 40.0 Å². The number of morpholine rings is 1. The molecule has 2 heterocycles. The molecule has 1 aromatic heterocycles. The number of carbonyl (C=O) groups is 1. The first-order valence-electron chi connectivity index (χ1n) is 10.5. The van der Waals surface area contributed by atoms with Gasteiger partial charge in [-0.05, 0) is 29.8 Å². The van der Waals surface area contributed by atoms with Gasteiger partial charge in [0, 0.05) is 32.5 Å². The van der Waals surface area contributed by atoms with Crippen LogP contribution in [0.4, 0.5) is 13.2 Å². The van der Waals surface area contributed by atoms with E-state index in [1.807, 2.05) is 24.3 Å². The van der Waals surface area contributed by atoms with Crippen molar-refractivity contribution in [3.05, 3.63) is 64.7 Å². The summed E-state index contributed by atoms with van der Waals surface area (Å²) in [6.45, 7) is 2.76. The van der Waals surface area contributed by atoms with E-state index in [0.717, 1.165) is 32.9 Å². The highest BCUT2D eigenvalue weighted by atomic mass is 32.1. The molecule has 1 aliphatic heterocycles. The van der Waals surface area contributed by atoms with Crippen LogP contribution in [0.2, 0.25) is 0 Å². The third-order valence-electron chi connectivity index (χ3n) is 5.51. The molecule has 2 aromatic carbocycles. The molecule has 1 saturated heterocycles. The lowest BCUT2D eigenvalue weighted by Crippen LogP contribution is -2.43. The monoisotopic (exact) mass is 463 g/mol. The quantitative estimate of drug-likeness (QED) is 0.563. The second-order valence-corrected chi connectivity index (χ2v) is 8.78. The molecule has 170 valence electrons. The van der Waals surface area contributed by atoms with Crippen molar-refractivity contribution in [2.75, 3.05) is 32.8 Å². The summed E-state index contributed by atoms with van der Waals surface area (Å²) in [6, 6.07) is 12.8. The Bertz CT molecular complexity index is 1010. The zero-order valence-corrected chi connectivity index (χ0v) is 18.2. The Morgan fingerprint density at radius 2 is 1.84 bits per heavy atom. The molecule has 1 fully saturated rings. The summed E-state index contributed by atoms with van der Waals surface area (Å²) in [5.41, 5.74) is 0.996. The minimum absolute atomic E-state index is 0.102. The van der Waals surface area contributed by atoms with Crippen molar-refractivity contribution in [3.8, 4) is 0 Å². The number of thiazole rings is 1. The van der Waals surface area contributed by atoms with Crippen LogP contribution in [0.3, 0.4) is 0 Å². The lowest BCUT2D eigenvalue weighted by Gasteiger charge is -2.35. The average molecular weight is 464 g/mol. The van der Waals surface area contributed by atoms with Crippen molar-refractivity contribution in [1.29, 1.82) is 0 Å². The highest BCUT2D eigenvalue weighted by Gasteiger charge is 2.31. The fraction of sp³-hybridized carbons (Fsp3) is 0.391. The number of nitrogens with zero attached hydrogens (tertiary/aromatic N) is 2. The van der Waals surface area contributed by atoms with Crippen LogP contribution in [0, 0.1) is 0 Å². The lowest BCUT2D eigenvalue weighted by molar-refractivity contribution is -0.137. The first kappa shape index (κ1) is 22.7. The number of carbonyl (C=O) groups excluding carboxylic acids is 1. The second kappa shape index (κ2) is 9.97. The van der Waals surface area contributed by atoms with E-state index in [2.05, 4.69) is 15.2 Å². The number of para-hydroxylation sites is 1. The fourth-order valence-corrected chi connectivity index (χ4v) is 4.75. The van der Waals surface area contributed by atoms with Gasteiger partial charge in [0.15, 0.2) is 0 Å². The maximum absolute atomic E-state index is 12.9. The molecule has 1 atom stereocenters. The Balaban J connectivity index is 1.38. The van der Waals surface area contributed by atoms with Crippen LogP contribution in [0.25, 0.3) is 10.2 Å². The molecule has 32 heavy (non-hydrogen) atoms. The number of rotatable bonds is 7. The molecule has 0 aliphatic carbocycles. The third-order valence-corrected chi connectivity index (χ3v) is 6.60. The van der Waals surface area contributed by atoms with Gasteiger partial charge >= 0.3 is 6.18 Å². The number of hydrogen-bond donors (Lipinski definition) is 1. The van der Waals surface area contributed by atoms with Crippen LogP contribution in [0.15, 0.2) is 48.5 Å². The number of aryl methyl sites for hydroxylation is 1. The van der Waals surface area contributed by atoms with Gasteiger partial charge in [-0.3, -0.25) is 9.69 Å². The Morgan fingerprint density at radius 1 is 1.12 bits per heavy atom. The third kappa shape index (κ3) is 5.65. The molecular formula is C23H24F3N3O2S. The van der Waals surface area contributed by atoms with Crippen LogP contribution in [-0.4, -0.2) is 48.6 Å². The van der Waals surface area contributed by atoms with Crippen molar-refractivity contribution >= 4 is 27.5 Å². The van der Waals surface area contributed by atoms with Crippen LogP contribution >= 0.6 is 11.3 Å². The van der Waals surface area contributed by atoms with Crippen molar-refractivity contribution < 1.29 is 22.7 Å². The summed E-state index contributed by atoms with van der Waals surface area (Å²) in [6.07, 6.45) is -3.52. The molecule has 1 aliphatic rings. The van der Waals surface area contributed by atoms with Crippen molar-refractivity contribution in [3.63, 3.8) is 0 Å². The van der Waals surface area contributed by atoms with Gasteiger partial charge in [0.1, 0.15) is 0 Å². The summed E-state index contributed by atoms with van der Waals surface area (Å²) in [5, 5.41) is 3.87. The first-order valence-corrected chi connectivity index (χ1v) is 11.3. The van der Waals surface area contributed by atoms with E-state index in [1.165, 1.54) is 12.1 Å². The van der Waals surface area contributed by atoms with E-state index in [-0.39, 0.29) is 11.9 Å². The lowest BCUT2D eigenvalue weighted by atomic mass is 10.0. The summed E-state index contributed by atoms with van der Waals surface area (Å²) < 4.78 is 45.3. The molecule has 5 nitrogen and oxygen atoms in total. The highest BCUT2D eigenvalue weighted by Crippen LogP contribution is 2.31. The van der Waals surface area contributed by atoms with Gasteiger partial charge in [0.25, 0.3) is 0 Å². The minimum atomic E-state index is -4.37. The van der Waals surface area contributed by atoms with E-state index in [9.17, 15) is 18.0 Å². The Kier molecular flexibility index (Phi) is 7.07. The van der Waals surface area contributed by atoms with Gasteiger partial charge in [-0.2, -0.15) is 13.2 Å². The molecule has 3 aromatic rings. The minimum Gasteiger partial charge on any atom is -0.379 e. The van der Waals surface area contributed by atoms with Gasteiger partial charge in [-0.15, -0.1) is 11.3 Å². The van der Waals surface area contributed by atoms with E-state index >= 15 is 0 Å². The van der Waals surface area contributed by atoms with Gasteiger partial charge in [-0.1, -0.05) is 24.3 Å². The van der Waals surface area contributed by atoms with Crippen LogP contribution in [-0.2, 0) is 22.1 Å². The Hall–Kier alpha value is -2.49. The van der Waals surface area contributed by atoms with Crippen molar-refractivity contribution in [2.45, 2.75) is 25.1 Å². The molecule has 0 saturated carbocycles. The molecule has 1 amide bonds. The number of hydrogen-bond acceptors (Lipinski definition) is 5. The van der Waals surface area contributed by atoms with Gasteiger partial charge < -0.3 is 10.1 Å². The zero-order valence-electron chi connectivity index (χ0n) is 17.4. The van der Waals surface area contributed by atoms with Gasteiger partial charge in [-0.25, -0.2) is 4.98 Å². The molecule has 0 spiro atoms. The number of nitrogens with one attached hydrogen (secondary N) is 1. The average Bonchev–Trinajstić information content (AvgIpc) is 3.21. The van der Waals surface area contributed by atoms with E-state index in [1.54, 1.807) is 11.3 Å². The van der Waals surface area contributed by atoms with E-state index < -0.39 is 11.7 Å². The predicted molar refractivity (Wildman–Crippen MR) is 118 cm³/mol. The first-order chi connectivity index (χ1) is 15.4. The molecule has 0 radical (unpaired) electrons. The standard InChI is InChI=1S/C23H24F3N3O2S/c24-23(25,26)17-7-5-16(6-8-17)19(29-11-13-31-14-12-29)15-27-21(30)9-10-22-28-18-3-1-2-4-20(18)32-22/h1-8,19H,9-15H2,(H,27,30). The molecule has 0 bridgehead atoms. The van der Waals surface area contributed by atoms with Crippen LogP contribution < -0.4 is 5.32 Å². The summed E-state index contributed by atoms with van der Waals surface area (Å²) in [4.78, 5) is 19.2. The summed E-state index contributed by atoms with van der Waals surface area (Å²) in [5.74, 6) is -0.102. The number of fused-ring (bicyclic) bond motifs is 1. The van der Waals surface area contributed by atoms with E-state index in [0.29, 0.717) is 45.7 Å².